The molecule has 7 aromatic carbocycles. The highest BCUT2D eigenvalue weighted by molar-refractivity contribution is 5.87. The van der Waals surface area contributed by atoms with Gasteiger partial charge in [-0.2, -0.15) is 0 Å². The normalized spacial score (nSPS) is 13.6. The number of nitrogen functional groups attached to an aromatic ring is 1. The molecular formula is C93H123N. The molecule has 0 atom stereocenters. The van der Waals surface area contributed by atoms with E-state index >= 15 is 0 Å². The standard InChI is InChI=1S/C66H101N.C27H22/c1-16-21-25-29-34-52(45-55(33-20-5)58-41-40-57(50(8)63(58)67)48(6)44-54(35-30-26-22-17-2)51(9)64(10,11)12)49(7)53-36-38-59-60-39-37-56(65(13,14)15)47-62(60)66(61(59)46-53,42-31-27-23-18-3)43-32-28-24-19-4;1-21(23-16-18-27(19-17-23)25-10-6-3-7-11-25)20-22-12-14-26(15-13-22)24-8-4-2-5-9-24/h36-41,44-47H,16-35,42-43,67H2,1-15H3;2-19H,1,20H2/b48-44+,52-49+,54-51+,55-45+;. The molecule has 8 rings (SSSR count). The molecule has 0 fully saturated rings. The van der Waals surface area contributed by atoms with E-state index in [0.717, 1.165) is 43.4 Å². The van der Waals surface area contributed by atoms with Gasteiger partial charge in [-0.1, -0.05) is 348 Å². The largest absolute Gasteiger partial charge is 0.398 e. The maximum Gasteiger partial charge on any atom is 0.0426 e. The Bertz CT molecular complexity index is 3620. The molecule has 1 aliphatic carbocycles. The van der Waals surface area contributed by atoms with Crippen molar-refractivity contribution in [3.8, 4) is 33.4 Å². The smallest absolute Gasteiger partial charge is 0.0426 e. The van der Waals surface area contributed by atoms with Crippen LogP contribution < -0.4 is 5.73 Å². The summed E-state index contributed by atoms with van der Waals surface area (Å²) in [6.07, 6.45) is 33.2. The van der Waals surface area contributed by atoms with Crippen LogP contribution in [0.15, 0.2) is 193 Å². The number of unbranched alkanes of at least 4 members (excludes halogenated alkanes) is 12. The van der Waals surface area contributed by atoms with Crippen molar-refractivity contribution in [2.75, 3.05) is 5.73 Å². The zero-order valence-corrected chi connectivity index (χ0v) is 61.7. The van der Waals surface area contributed by atoms with Gasteiger partial charge in [-0.05, 0) is 207 Å². The van der Waals surface area contributed by atoms with Crippen LogP contribution in [0.1, 0.15) is 288 Å². The average Bonchev–Trinajstić information content (AvgIpc) is 1.56. The third-order valence-corrected chi connectivity index (χ3v) is 20.7. The molecule has 0 bridgehead atoms. The van der Waals surface area contributed by atoms with Crippen molar-refractivity contribution in [3.05, 3.63) is 243 Å². The van der Waals surface area contributed by atoms with E-state index < -0.39 is 0 Å². The van der Waals surface area contributed by atoms with E-state index in [4.69, 9.17) is 5.73 Å². The molecule has 0 spiro atoms. The van der Waals surface area contributed by atoms with Gasteiger partial charge >= 0.3 is 0 Å². The summed E-state index contributed by atoms with van der Waals surface area (Å²) in [5, 5.41) is 0. The molecule has 1 aliphatic rings. The van der Waals surface area contributed by atoms with Crippen LogP contribution in [-0.4, -0.2) is 0 Å². The van der Waals surface area contributed by atoms with Gasteiger partial charge in [-0.3, -0.25) is 0 Å². The summed E-state index contributed by atoms with van der Waals surface area (Å²) in [6.45, 7) is 39.5. The Balaban J connectivity index is 0.000000380. The van der Waals surface area contributed by atoms with E-state index in [-0.39, 0.29) is 16.2 Å². The van der Waals surface area contributed by atoms with Crippen LogP contribution in [0.4, 0.5) is 5.69 Å². The van der Waals surface area contributed by atoms with Crippen LogP contribution in [0.5, 0.6) is 0 Å². The number of benzene rings is 7. The summed E-state index contributed by atoms with van der Waals surface area (Å²) in [6, 6.07) is 58.3. The molecule has 0 unspecified atom stereocenters. The molecular weight excluding hydrogens is 1130 g/mol. The quantitative estimate of drug-likeness (QED) is 0.0254. The summed E-state index contributed by atoms with van der Waals surface area (Å²) in [4.78, 5) is 0. The van der Waals surface area contributed by atoms with Crippen molar-refractivity contribution in [2.24, 2.45) is 5.41 Å². The first-order chi connectivity index (χ1) is 45.2. The number of hydrogen-bond donors (Lipinski definition) is 1. The summed E-state index contributed by atoms with van der Waals surface area (Å²) < 4.78 is 0. The van der Waals surface area contributed by atoms with Crippen molar-refractivity contribution in [1.29, 1.82) is 0 Å². The topological polar surface area (TPSA) is 26.0 Å². The number of anilines is 1. The monoisotopic (exact) mass is 1250 g/mol. The van der Waals surface area contributed by atoms with Crippen molar-refractivity contribution in [1.82, 2.24) is 0 Å². The van der Waals surface area contributed by atoms with Crippen molar-refractivity contribution in [3.63, 3.8) is 0 Å². The Morgan fingerprint density at radius 1 is 0.457 bits per heavy atom. The average molecular weight is 1260 g/mol. The van der Waals surface area contributed by atoms with Crippen molar-refractivity contribution in [2.45, 2.75) is 262 Å². The van der Waals surface area contributed by atoms with Gasteiger partial charge in [0.1, 0.15) is 0 Å². The van der Waals surface area contributed by atoms with Gasteiger partial charge in [-0.15, -0.1) is 0 Å². The van der Waals surface area contributed by atoms with Crippen molar-refractivity contribution < 1.29 is 0 Å². The fourth-order valence-electron chi connectivity index (χ4n) is 14.3. The minimum Gasteiger partial charge on any atom is -0.398 e. The molecule has 0 amide bonds. The van der Waals surface area contributed by atoms with E-state index in [2.05, 4.69) is 268 Å². The predicted octanol–water partition coefficient (Wildman–Crippen LogP) is 28.7. The fourth-order valence-corrected chi connectivity index (χ4v) is 14.3. The number of fused-ring (bicyclic) bond motifs is 3. The second-order valence-corrected chi connectivity index (χ2v) is 29.9. The highest BCUT2D eigenvalue weighted by Crippen LogP contribution is 2.56. The zero-order chi connectivity index (χ0) is 67.8. The maximum absolute atomic E-state index is 7.32. The minimum atomic E-state index is 0.0472. The minimum absolute atomic E-state index is 0.0472. The van der Waals surface area contributed by atoms with Crippen LogP contribution in [0.3, 0.4) is 0 Å². The van der Waals surface area contributed by atoms with Crippen LogP contribution in [0, 0.1) is 12.3 Å². The first-order valence-corrected chi connectivity index (χ1v) is 37.2. The first-order valence-electron chi connectivity index (χ1n) is 37.2. The number of nitrogens with two attached hydrogens (primary N) is 1. The van der Waals surface area contributed by atoms with Crippen LogP contribution in [-0.2, 0) is 17.3 Å². The van der Waals surface area contributed by atoms with E-state index in [1.165, 1.54) is 221 Å². The second kappa shape index (κ2) is 36.2. The molecule has 0 aromatic heterocycles. The van der Waals surface area contributed by atoms with Gasteiger partial charge in [0, 0.05) is 16.7 Å². The lowest BCUT2D eigenvalue weighted by molar-refractivity contribution is 0.400. The third kappa shape index (κ3) is 20.1. The Morgan fingerprint density at radius 3 is 1.44 bits per heavy atom. The van der Waals surface area contributed by atoms with E-state index in [1.54, 1.807) is 11.1 Å². The maximum atomic E-state index is 7.32. The van der Waals surface area contributed by atoms with E-state index in [1.807, 2.05) is 12.1 Å². The molecule has 500 valence electrons. The van der Waals surface area contributed by atoms with E-state index in [9.17, 15) is 0 Å². The SMILES string of the molecule is C=C(Cc1ccc(-c2ccccc2)cc1)c1ccc(-c2ccccc2)cc1.CCCCCCC(/C=C(\CCC)c1ccc(/C(C)=C/C(CCCCCC)=C(\C)C(C)(C)C)c(C)c1N)=C(/C)c1ccc2c(c1)C(CCCCCC)(CCCCCC)c1cc(C(C)(C)C)ccc1-2. The van der Waals surface area contributed by atoms with Gasteiger partial charge in [0.15, 0.2) is 0 Å². The Labute approximate surface area is 574 Å². The first kappa shape index (κ1) is 74.4. The molecule has 0 saturated heterocycles. The number of hydrogen-bond acceptors (Lipinski definition) is 1. The number of rotatable bonds is 32. The lowest BCUT2D eigenvalue weighted by atomic mass is 9.69. The highest BCUT2D eigenvalue weighted by Gasteiger charge is 2.43. The molecule has 0 aliphatic heterocycles. The van der Waals surface area contributed by atoms with E-state index in [0.29, 0.717) is 0 Å². The summed E-state index contributed by atoms with van der Waals surface area (Å²) in [5.41, 5.74) is 38.5. The molecule has 0 saturated carbocycles. The zero-order valence-electron chi connectivity index (χ0n) is 61.7. The van der Waals surface area contributed by atoms with Gasteiger partial charge < -0.3 is 5.73 Å². The lowest BCUT2D eigenvalue weighted by Crippen LogP contribution is -2.26. The lowest BCUT2D eigenvalue weighted by Gasteiger charge is -2.34. The molecule has 94 heavy (non-hydrogen) atoms. The number of allylic oxidation sites excluding steroid dienone is 9. The highest BCUT2D eigenvalue weighted by atomic mass is 14.6. The van der Waals surface area contributed by atoms with Crippen LogP contribution in [0.2, 0.25) is 0 Å². The second-order valence-electron chi connectivity index (χ2n) is 29.9. The van der Waals surface area contributed by atoms with Gasteiger partial charge in [-0.25, -0.2) is 0 Å². The van der Waals surface area contributed by atoms with Crippen molar-refractivity contribution >= 4 is 28.0 Å². The summed E-state index contributed by atoms with van der Waals surface area (Å²) in [5.74, 6) is 0. The Kier molecular flexibility index (Phi) is 28.7. The van der Waals surface area contributed by atoms with Crippen LogP contribution >= 0.6 is 0 Å². The molecule has 7 aromatic rings. The summed E-state index contributed by atoms with van der Waals surface area (Å²) >= 11 is 0. The van der Waals surface area contributed by atoms with Crippen LogP contribution in [0.25, 0.3) is 55.7 Å². The summed E-state index contributed by atoms with van der Waals surface area (Å²) in [7, 11) is 0. The fraction of sp³-hybridized carbons (Fsp3) is 0.441. The molecule has 0 radical (unpaired) electrons. The molecule has 1 nitrogen and oxygen atoms in total. The van der Waals surface area contributed by atoms with Gasteiger partial charge in [0.2, 0.25) is 0 Å². The Morgan fingerprint density at radius 2 is 0.926 bits per heavy atom. The predicted molar refractivity (Wildman–Crippen MR) is 420 cm³/mol. The van der Waals surface area contributed by atoms with Gasteiger partial charge in [0.25, 0.3) is 0 Å². The molecule has 1 heteroatoms. The molecule has 2 N–H and O–H groups in total. The third-order valence-electron chi connectivity index (χ3n) is 20.7. The molecule has 0 heterocycles. The Hall–Kier alpha value is -6.96. The van der Waals surface area contributed by atoms with Gasteiger partial charge in [0.05, 0.1) is 0 Å².